The maximum absolute atomic E-state index is 12.3. The highest BCUT2D eigenvalue weighted by Crippen LogP contribution is 2.36. The van der Waals surface area contributed by atoms with Gasteiger partial charge in [0.15, 0.2) is 37.2 Å². The fraction of sp³-hybridized carbons (Fsp3) is 0.776. The Morgan fingerprint density at radius 2 is 1.12 bits per heavy atom. The molecule has 0 amide bonds. The molecule has 0 spiro atoms. The molecule has 0 aliphatic carbocycles. The lowest BCUT2D eigenvalue weighted by atomic mass is 9.88. The summed E-state index contributed by atoms with van der Waals surface area (Å²) >= 11 is 0. The largest absolute Gasteiger partial charge is 0.469 e. The van der Waals surface area contributed by atoms with Gasteiger partial charge in [0.25, 0.3) is 0 Å². The molecule has 0 N–H and O–H groups in total. The SMILES string of the molecule is CCC(C)(C)C(=O)OCCOC1OCC(OC2OCC(OC3OCC(C)C(C)C3OC(C)=O)C(C)C2OC(C)=O)C(C)C1OC(C)=O.CCC(C)C(=O)OC.CCC(C)c1ccccc1. The van der Waals surface area contributed by atoms with Crippen LogP contribution in [0.4, 0.5) is 0 Å². The Kier molecular flexibility index (Phi) is 25.2. The van der Waals surface area contributed by atoms with E-state index >= 15 is 0 Å². The van der Waals surface area contributed by atoms with Gasteiger partial charge in [-0.15, -0.1) is 0 Å². The van der Waals surface area contributed by atoms with E-state index in [-0.39, 0.29) is 56.1 Å². The number of hydrogen-bond donors (Lipinski definition) is 0. The maximum Gasteiger partial charge on any atom is 0.311 e. The zero-order valence-electron chi connectivity index (χ0n) is 41.7. The molecule has 0 bridgehead atoms. The fourth-order valence-corrected chi connectivity index (χ4v) is 6.99. The van der Waals surface area contributed by atoms with Gasteiger partial charge < -0.3 is 52.1 Å². The second-order valence-electron chi connectivity index (χ2n) is 18.0. The summed E-state index contributed by atoms with van der Waals surface area (Å²) in [7, 11) is 1.41. The monoisotopic (exact) mass is 925 g/mol. The lowest BCUT2D eigenvalue weighted by Gasteiger charge is -2.46. The number of carbonyl (C=O) groups is 5. The van der Waals surface area contributed by atoms with Crippen molar-refractivity contribution < 1.29 is 76.1 Å². The van der Waals surface area contributed by atoms with Crippen molar-refractivity contribution in [2.75, 3.05) is 40.1 Å². The summed E-state index contributed by atoms with van der Waals surface area (Å²) in [4.78, 5) is 58.8. The zero-order valence-corrected chi connectivity index (χ0v) is 41.7. The number of methoxy groups -OCH3 is 1. The van der Waals surface area contributed by atoms with Crippen LogP contribution in [0.2, 0.25) is 0 Å². The lowest BCUT2D eigenvalue weighted by Crippen LogP contribution is -2.58. The van der Waals surface area contributed by atoms with Crippen LogP contribution in [0.3, 0.4) is 0 Å². The Hall–Kier alpha value is -3.67. The predicted octanol–water partition coefficient (Wildman–Crippen LogP) is 7.57. The average molecular weight is 925 g/mol. The van der Waals surface area contributed by atoms with Gasteiger partial charge in [0.1, 0.15) is 6.61 Å². The normalized spacial score (nSPS) is 29.8. The van der Waals surface area contributed by atoms with Crippen molar-refractivity contribution in [2.24, 2.45) is 35.0 Å². The molecule has 372 valence electrons. The van der Waals surface area contributed by atoms with Crippen LogP contribution in [0.5, 0.6) is 0 Å². The minimum absolute atomic E-state index is 0.00759. The molecule has 3 fully saturated rings. The zero-order chi connectivity index (χ0) is 49.0. The first-order valence-corrected chi connectivity index (χ1v) is 23.2. The van der Waals surface area contributed by atoms with Crippen molar-refractivity contribution in [1.82, 2.24) is 0 Å². The van der Waals surface area contributed by atoms with E-state index in [2.05, 4.69) is 48.9 Å². The maximum atomic E-state index is 12.3. The van der Waals surface area contributed by atoms with Crippen molar-refractivity contribution in [3.63, 3.8) is 0 Å². The van der Waals surface area contributed by atoms with Crippen LogP contribution < -0.4 is 0 Å². The lowest BCUT2D eigenvalue weighted by molar-refractivity contribution is -0.335. The summed E-state index contributed by atoms with van der Waals surface area (Å²) in [6, 6.07) is 10.6. The number of hydrogen-bond acceptors (Lipinski definition) is 16. The Morgan fingerprint density at radius 1 is 0.662 bits per heavy atom. The van der Waals surface area contributed by atoms with Gasteiger partial charge in [0.05, 0.1) is 57.1 Å². The van der Waals surface area contributed by atoms with E-state index in [1.54, 1.807) is 0 Å². The van der Waals surface area contributed by atoms with Gasteiger partial charge >= 0.3 is 29.8 Å². The van der Waals surface area contributed by atoms with Crippen molar-refractivity contribution >= 4 is 29.8 Å². The minimum atomic E-state index is -0.989. The summed E-state index contributed by atoms with van der Waals surface area (Å²) in [5.74, 6) is -1.86. The molecule has 1 aromatic carbocycles. The summed E-state index contributed by atoms with van der Waals surface area (Å²) in [5, 5.41) is 0. The third-order valence-corrected chi connectivity index (χ3v) is 12.6. The third-order valence-electron chi connectivity index (χ3n) is 12.6. The predicted molar refractivity (Wildman–Crippen MR) is 240 cm³/mol. The molecule has 3 heterocycles. The molecule has 3 aliphatic rings. The van der Waals surface area contributed by atoms with Crippen LogP contribution in [0, 0.1) is 35.0 Å². The Morgan fingerprint density at radius 3 is 1.55 bits per heavy atom. The summed E-state index contributed by atoms with van der Waals surface area (Å²) in [6.07, 6.45) is -3.57. The Labute approximate surface area is 387 Å². The molecule has 0 aromatic heterocycles. The van der Waals surface area contributed by atoms with Gasteiger partial charge in [0.2, 0.25) is 0 Å². The second kappa shape index (κ2) is 28.5. The van der Waals surface area contributed by atoms with Crippen molar-refractivity contribution in [3.8, 4) is 0 Å². The first kappa shape index (κ1) is 57.5. The number of esters is 5. The molecular weight excluding hydrogens is 845 g/mol. The van der Waals surface area contributed by atoms with Gasteiger partial charge in [-0.1, -0.05) is 92.6 Å². The fourth-order valence-electron chi connectivity index (χ4n) is 6.99. The molecular formula is C49H80O16. The van der Waals surface area contributed by atoms with Crippen LogP contribution in [0.15, 0.2) is 30.3 Å². The molecule has 16 heteroatoms. The topological polar surface area (TPSA) is 187 Å². The molecule has 4 rings (SSSR count). The molecule has 14 atom stereocenters. The number of rotatable bonds is 17. The van der Waals surface area contributed by atoms with Gasteiger partial charge in [-0.3, -0.25) is 24.0 Å². The Balaban J connectivity index is 0.000000666. The highest BCUT2D eigenvalue weighted by Gasteiger charge is 2.49. The van der Waals surface area contributed by atoms with Crippen LogP contribution in [-0.2, 0) is 76.1 Å². The first-order valence-electron chi connectivity index (χ1n) is 23.2. The van der Waals surface area contributed by atoms with Crippen molar-refractivity contribution in [3.05, 3.63) is 35.9 Å². The van der Waals surface area contributed by atoms with E-state index in [0.717, 1.165) is 6.42 Å². The standard InChI is InChI=1S/C33H54O14.C10H14.C6H12O2/c1-11-33(9,10)32(37)39-13-12-38-29-27(44-22(7)35)19(4)24(15-41-29)47-31-28(45-23(8)36)20(5)25(16-42-31)46-30-26(43-21(6)34)18(3)17(2)14-40-30;1-3-9(2)10-7-5-4-6-8-10;1-4-5(2)6(7)8-3/h17-20,24-31H,11-16H2,1-10H3;4-9H,3H2,1-2H3;5H,4H2,1-3H3. The molecule has 65 heavy (non-hydrogen) atoms. The number of benzene rings is 1. The number of ether oxygens (including phenoxy) is 11. The molecule has 1 aromatic rings. The highest BCUT2D eigenvalue weighted by atomic mass is 16.8. The van der Waals surface area contributed by atoms with E-state index in [1.807, 2.05) is 62.3 Å². The average Bonchev–Trinajstić information content (AvgIpc) is 3.28. The van der Waals surface area contributed by atoms with Crippen LogP contribution in [0.25, 0.3) is 0 Å². The highest BCUT2D eigenvalue weighted by molar-refractivity contribution is 5.75. The molecule has 3 saturated heterocycles. The van der Waals surface area contributed by atoms with Crippen LogP contribution in [0.1, 0.15) is 128 Å². The smallest absolute Gasteiger partial charge is 0.311 e. The van der Waals surface area contributed by atoms with Crippen molar-refractivity contribution in [2.45, 2.75) is 172 Å². The summed E-state index contributed by atoms with van der Waals surface area (Å²) in [5.41, 5.74) is 0.841. The quantitative estimate of drug-likeness (QED) is 0.0845. The van der Waals surface area contributed by atoms with Gasteiger partial charge in [0, 0.05) is 38.5 Å². The number of carbonyl (C=O) groups excluding carboxylic acids is 5. The molecule has 0 saturated carbocycles. The van der Waals surface area contributed by atoms with Gasteiger partial charge in [-0.2, -0.15) is 0 Å². The van der Waals surface area contributed by atoms with E-state index in [1.165, 1.54) is 39.9 Å². The molecule has 16 nitrogen and oxygen atoms in total. The molecule has 0 radical (unpaired) electrons. The van der Waals surface area contributed by atoms with E-state index in [0.29, 0.717) is 18.9 Å². The minimum Gasteiger partial charge on any atom is -0.469 e. The van der Waals surface area contributed by atoms with E-state index in [9.17, 15) is 24.0 Å². The first-order chi connectivity index (χ1) is 30.6. The van der Waals surface area contributed by atoms with E-state index in [4.69, 9.17) is 47.4 Å². The van der Waals surface area contributed by atoms with Crippen LogP contribution >= 0.6 is 0 Å². The summed E-state index contributed by atoms with van der Waals surface area (Å²) in [6.45, 7) is 26.0. The van der Waals surface area contributed by atoms with Gasteiger partial charge in [-0.25, -0.2) is 0 Å². The third kappa shape index (κ3) is 18.5. The molecule has 14 unspecified atom stereocenters. The summed E-state index contributed by atoms with van der Waals surface area (Å²) < 4.78 is 63.1. The molecule has 3 aliphatic heterocycles. The van der Waals surface area contributed by atoms with Crippen molar-refractivity contribution in [1.29, 1.82) is 0 Å². The van der Waals surface area contributed by atoms with Crippen LogP contribution in [-0.4, -0.2) is 119 Å². The van der Waals surface area contributed by atoms with E-state index < -0.39 is 84.5 Å². The second-order valence-corrected chi connectivity index (χ2v) is 18.0. The Bertz CT molecular complexity index is 1590. The van der Waals surface area contributed by atoms with Gasteiger partial charge in [-0.05, 0) is 50.5 Å².